The van der Waals surface area contributed by atoms with Gasteiger partial charge in [-0.1, -0.05) is 6.07 Å². The summed E-state index contributed by atoms with van der Waals surface area (Å²) in [6.45, 7) is 1.90. The van der Waals surface area contributed by atoms with Crippen LogP contribution < -0.4 is 9.47 Å². The van der Waals surface area contributed by atoms with Crippen molar-refractivity contribution < 1.29 is 23.4 Å². The zero-order chi connectivity index (χ0) is 12.8. The van der Waals surface area contributed by atoms with Gasteiger partial charge in [-0.15, -0.1) is 0 Å². The Hall–Kier alpha value is -1.32. The number of hydrogen-bond acceptors (Lipinski definition) is 5. The van der Waals surface area contributed by atoms with E-state index in [1.807, 2.05) is 0 Å². The van der Waals surface area contributed by atoms with E-state index >= 15 is 0 Å². The molecule has 5 nitrogen and oxygen atoms in total. The molecule has 0 aliphatic carbocycles. The van der Waals surface area contributed by atoms with Crippen LogP contribution in [0.5, 0.6) is 11.5 Å². The number of methoxy groups -OCH3 is 2. The van der Waals surface area contributed by atoms with Gasteiger partial charge in [-0.2, -0.15) is 0 Å². The third-order valence-corrected chi connectivity index (χ3v) is 3.29. The second-order valence-electron chi connectivity index (χ2n) is 3.09. The topological polar surface area (TPSA) is 61.8 Å². The maximum absolute atomic E-state index is 11.9. The lowest BCUT2D eigenvalue weighted by molar-refractivity contribution is 0.105. The van der Waals surface area contributed by atoms with Crippen LogP contribution in [0.4, 0.5) is 0 Å². The second kappa shape index (κ2) is 6.42. The van der Waals surface area contributed by atoms with Crippen molar-refractivity contribution in [3.63, 3.8) is 0 Å². The number of rotatable bonds is 6. The Morgan fingerprint density at radius 2 is 1.76 bits per heavy atom. The van der Waals surface area contributed by atoms with E-state index in [-0.39, 0.29) is 12.2 Å². The molecule has 0 aromatic heterocycles. The first-order valence-electron chi connectivity index (χ1n) is 5.08. The van der Waals surface area contributed by atoms with Gasteiger partial charge in [0.1, 0.15) is 17.1 Å². The van der Waals surface area contributed by atoms with Gasteiger partial charge in [0, 0.05) is 0 Å². The average molecular weight is 258 g/mol. The molecule has 0 fully saturated rings. The van der Waals surface area contributed by atoms with Gasteiger partial charge >= 0.3 is 0 Å². The minimum Gasteiger partial charge on any atom is -0.496 e. The molecule has 0 heterocycles. The molecule has 6 heteroatoms. The number of ether oxygens (including phenoxy) is 2. The van der Waals surface area contributed by atoms with Crippen molar-refractivity contribution >= 4 is 13.6 Å². The van der Waals surface area contributed by atoms with Gasteiger partial charge in [0.2, 0.25) is 0 Å². The van der Waals surface area contributed by atoms with Gasteiger partial charge in [0.05, 0.1) is 20.8 Å². The van der Waals surface area contributed by atoms with Crippen LogP contribution in [0.3, 0.4) is 0 Å². The van der Waals surface area contributed by atoms with Crippen molar-refractivity contribution in [3.05, 3.63) is 23.8 Å². The van der Waals surface area contributed by atoms with Crippen molar-refractivity contribution in [2.75, 3.05) is 20.8 Å². The fourth-order valence-corrected chi connectivity index (χ4v) is 2.22. The SMILES string of the molecule is CCO[PH](=O)C(=O)c1c(OC)cccc1OC. The van der Waals surface area contributed by atoms with Gasteiger partial charge in [-0.05, 0) is 19.1 Å². The van der Waals surface area contributed by atoms with E-state index < -0.39 is 13.6 Å². The quantitative estimate of drug-likeness (QED) is 0.733. The lowest BCUT2D eigenvalue weighted by Gasteiger charge is -2.11. The van der Waals surface area contributed by atoms with E-state index in [0.29, 0.717) is 11.5 Å². The summed E-state index contributed by atoms with van der Waals surface area (Å²) < 4.78 is 26.5. The smallest absolute Gasteiger partial charge is 0.260 e. The summed E-state index contributed by atoms with van der Waals surface area (Å²) in [7, 11) is 0.0846. The summed E-state index contributed by atoms with van der Waals surface area (Å²) >= 11 is 0. The second-order valence-corrected chi connectivity index (χ2v) is 4.40. The largest absolute Gasteiger partial charge is 0.496 e. The van der Waals surface area contributed by atoms with Crippen molar-refractivity contribution in [1.82, 2.24) is 0 Å². The molecule has 17 heavy (non-hydrogen) atoms. The minimum absolute atomic E-state index is 0.162. The summed E-state index contributed by atoms with van der Waals surface area (Å²) in [4.78, 5) is 11.9. The highest BCUT2D eigenvalue weighted by atomic mass is 31.1. The van der Waals surface area contributed by atoms with Gasteiger partial charge < -0.3 is 14.0 Å². The Balaban J connectivity index is 3.18. The molecule has 0 saturated heterocycles. The molecule has 0 spiro atoms. The normalized spacial score (nSPS) is 11.9. The maximum Gasteiger partial charge on any atom is 0.260 e. The fraction of sp³-hybridized carbons (Fsp3) is 0.364. The van der Waals surface area contributed by atoms with Crippen LogP contribution in [0.15, 0.2) is 18.2 Å². The zero-order valence-electron chi connectivity index (χ0n) is 9.98. The van der Waals surface area contributed by atoms with E-state index in [1.165, 1.54) is 14.2 Å². The van der Waals surface area contributed by atoms with E-state index in [4.69, 9.17) is 14.0 Å². The Kier molecular flexibility index (Phi) is 5.19. The Bertz CT molecular complexity index is 408. The van der Waals surface area contributed by atoms with E-state index in [1.54, 1.807) is 25.1 Å². The van der Waals surface area contributed by atoms with Gasteiger partial charge in [0.15, 0.2) is 0 Å². The van der Waals surface area contributed by atoms with E-state index in [0.717, 1.165) is 0 Å². The van der Waals surface area contributed by atoms with Crippen LogP contribution in [0.2, 0.25) is 0 Å². The molecular weight excluding hydrogens is 243 g/mol. The van der Waals surface area contributed by atoms with Crippen LogP contribution in [0, 0.1) is 0 Å². The molecule has 1 atom stereocenters. The molecule has 0 radical (unpaired) electrons. The first kappa shape index (κ1) is 13.7. The molecule has 1 aromatic carbocycles. The summed E-state index contributed by atoms with van der Waals surface area (Å²) in [6.07, 6.45) is 0. The highest BCUT2D eigenvalue weighted by Gasteiger charge is 2.23. The van der Waals surface area contributed by atoms with Crippen LogP contribution in [-0.2, 0) is 9.09 Å². The van der Waals surface area contributed by atoms with Crippen molar-refractivity contribution in [2.24, 2.45) is 0 Å². The standard InChI is InChI=1S/C11H15O5P/c1-4-16-17(13)11(12)10-8(14-2)6-5-7-9(10)15-3/h5-7,17H,4H2,1-3H3. The monoisotopic (exact) mass is 258 g/mol. The summed E-state index contributed by atoms with van der Waals surface area (Å²) in [5, 5.41) is 0. The number of carbonyl (C=O) groups excluding carboxylic acids is 1. The molecular formula is C11H15O5P. The number of benzene rings is 1. The number of carbonyl (C=O) groups is 1. The van der Waals surface area contributed by atoms with Gasteiger partial charge in [0.25, 0.3) is 13.6 Å². The van der Waals surface area contributed by atoms with Crippen LogP contribution >= 0.6 is 8.03 Å². The molecule has 1 aromatic rings. The van der Waals surface area contributed by atoms with Crippen molar-refractivity contribution in [3.8, 4) is 11.5 Å². The fourth-order valence-electron chi connectivity index (χ4n) is 1.37. The van der Waals surface area contributed by atoms with E-state index in [2.05, 4.69) is 0 Å². The molecule has 94 valence electrons. The number of hydrogen-bond donors (Lipinski definition) is 0. The lowest BCUT2D eigenvalue weighted by Crippen LogP contribution is -2.02. The Morgan fingerprint density at radius 3 is 2.18 bits per heavy atom. The first-order valence-corrected chi connectivity index (χ1v) is 6.39. The molecule has 0 aliphatic rings. The van der Waals surface area contributed by atoms with E-state index in [9.17, 15) is 9.36 Å². The zero-order valence-corrected chi connectivity index (χ0v) is 11.0. The van der Waals surface area contributed by atoms with Crippen LogP contribution in [-0.4, -0.2) is 26.4 Å². The predicted octanol–water partition coefficient (Wildman–Crippen LogP) is 2.36. The van der Waals surface area contributed by atoms with Gasteiger partial charge in [-0.25, -0.2) is 0 Å². The highest BCUT2D eigenvalue weighted by molar-refractivity contribution is 7.60. The van der Waals surface area contributed by atoms with Crippen molar-refractivity contribution in [2.45, 2.75) is 6.92 Å². The van der Waals surface area contributed by atoms with Crippen molar-refractivity contribution in [1.29, 1.82) is 0 Å². The summed E-state index contributed by atoms with van der Waals surface area (Å²) in [5.41, 5.74) is -0.430. The van der Waals surface area contributed by atoms with Crippen LogP contribution in [0.1, 0.15) is 17.3 Å². The molecule has 1 rings (SSSR count). The summed E-state index contributed by atoms with van der Waals surface area (Å²) in [6, 6.07) is 4.90. The third-order valence-electron chi connectivity index (χ3n) is 2.12. The lowest BCUT2D eigenvalue weighted by atomic mass is 10.2. The summed E-state index contributed by atoms with van der Waals surface area (Å²) in [5.74, 6) is 0.653. The predicted molar refractivity (Wildman–Crippen MR) is 64.5 cm³/mol. The highest BCUT2D eigenvalue weighted by Crippen LogP contribution is 2.37. The molecule has 0 amide bonds. The Labute approximate surface area is 101 Å². The average Bonchev–Trinajstić information content (AvgIpc) is 2.37. The molecule has 0 aliphatic heterocycles. The third kappa shape index (κ3) is 3.08. The molecule has 0 saturated carbocycles. The molecule has 0 N–H and O–H groups in total. The molecule has 1 unspecified atom stereocenters. The Morgan fingerprint density at radius 1 is 1.24 bits per heavy atom. The molecule has 0 bridgehead atoms. The van der Waals surface area contributed by atoms with Gasteiger partial charge in [-0.3, -0.25) is 9.36 Å². The van der Waals surface area contributed by atoms with Crippen LogP contribution in [0.25, 0.3) is 0 Å². The first-order chi connectivity index (χ1) is 8.15. The minimum atomic E-state index is -2.78. The maximum atomic E-state index is 11.9.